The van der Waals surface area contributed by atoms with E-state index in [-0.39, 0.29) is 0 Å². The number of benzene rings is 1. The average molecular weight is 206 g/mol. The Hall–Kier alpha value is -0.600. The summed E-state index contributed by atoms with van der Waals surface area (Å²) < 4.78 is 5.20. The third-order valence-corrected chi connectivity index (χ3v) is 1.87. The fraction of sp³-hybridized carbons (Fsp3) is 0.250. The van der Waals surface area contributed by atoms with E-state index in [1.807, 2.05) is 6.92 Å². The summed E-state index contributed by atoms with van der Waals surface area (Å²) >= 11 is 11.6. The maximum absolute atomic E-state index is 5.82. The lowest BCUT2D eigenvalue weighted by Crippen LogP contribution is -1.94. The number of nitrogens with two attached hydrogens (primary N) is 1. The van der Waals surface area contributed by atoms with Crippen molar-refractivity contribution in [2.75, 3.05) is 12.3 Å². The Morgan fingerprint density at radius 1 is 1.33 bits per heavy atom. The first kappa shape index (κ1) is 9.49. The smallest absolute Gasteiger partial charge is 0.156 e. The van der Waals surface area contributed by atoms with Crippen molar-refractivity contribution in [2.24, 2.45) is 0 Å². The van der Waals surface area contributed by atoms with Crippen molar-refractivity contribution < 1.29 is 4.74 Å². The highest BCUT2D eigenvalue weighted by atomic mass is 35.5. The SMILES string of the molecule is CCOc1c(Cl)cc(N)cc1Cl. The molecule has 0 unspecified atom stereocenters. The van der Waals surface area contributed by atoms with Gasteiger partial charge in [0.1, 0.15) is 0 Å². The highest BCUT2D eigenvalue weighted by molar-refractivity contribution is 6.37. The molecule has 12 heavy (non-hydrogen) atoms. The minimum atomic E-state index is 0.446. The number of hydrogen-bond donors (Lipinski definition) is 1. The van der Waals surface area contributed by atoms with E-state index in [0.717, 1.165) is 0 Å². The van der Waals surface area contributed by atoms with Gasteiger partial charge >= 0.3 is 0 Å². The zero-order chi connectivity index (χ0) is 9.14. The Morgan fingerprint density at radius 2 is 1.83 bits per heavy atom. The molecule has 1 rings (SSSR count). The summed E-state index contributed by atoms with van der Waals surface area (Å²) in [7, 11) is 0. The lowest BCUT2D eigenvalue weighted by molar-refractivity contribution is 0.340. The Labute approximate surface area is 81.2 Å². The summed E-state index contributed by atoms with van der Waals surface area (Å²) in [5.41, 5.74) is 6.04. The van der Waals surface area contributed by atoms with Gasteiger partial charge in [0, 0.05) is 5.69 Å². The van der Waals surface area contributed by atoms with Crippen LogP contribution in [0.3, 0.4) is 0 Å². The highest BCUT2D eigenvalue weighted by Crippen LogP contribution is 2.34. The van der Waals surface area contributed by atoms with Crippen LogP contribution in [0.5, 0.6) is 5.75 Å². The predicted molar refractivity (Wildman–Crippen MR) is 52.0 cm³/mol. The second-order valence-corrected chi connectivity index (χ2v) is 3.06. The summed E-state index contributed by atoms with van der Waals surface area (Å²) in [6.45, 7) is 2.40. The fourth-order valence-corrected chi connectivity index (χ4v) is 1.47. The van der Waals surface area contributed by atoms with Crippen LogP contribution in [0.2, 0.25) is 10.0 Å². The number of halogens is 2. The number of ether oxygens (including phenoxy) is 1. The molecule has 0 aromatic heterocycles. The monoisotopic (exact) mass is 205 g/mol. The van der Waals surface area contributed by atoms with Crippen LogP contribution in [0.25, 0.3) is 0 Å². The summed E-state index contributed by atoms with van der Waals surface area (Å²) in [6.07, 6.45) is 0. The predicted octanol–water partition coefficient (Wildman–Crippen LogP) is 2.97. The Bertz CT molecular complexity index is 265. The number of anilines is 1. The molecule has 0 bridgehead atoms. The molecule has 0 aliphatic carbocycles. The molecule has 1 aromatic rings. The molecule has 0 saturated carbocycles. The molecule has 0 amide bonds. The minimum absolute atomic E-state index is 0.446. The second-order valence-electron chi connectivity index (χ2n) is 2.25. The first-order valence-corrected chi connectivity index (χ1v) is 4.28. The van der Waals surface area contributed by atoms with Crippen LogP contribution in [-0.2, 0) is 0 Å². The molecule has 0 saturated heterocycles. The molecule has 0 atom stereocenters. The van der Waals surface area contributed by atoms with Crippen molar-refractivity contribution in [3.05, 3.63) is 22.2 Å². The van der Waals surface area contributed by atoms with Gasteiger partial charge in [-0.3, -0.25) is 0 Å². The van der Waals surface area contributed by atoms with E-state index in [2.05, 4.69) is 0 Å². The molecule has 2 nitrogen and oxygen atoms in total. The van der Waals surface area contributed by atoms with Gasteiger partial charge in [0.25, 0.3) is 0 Å². The van der Waals surface area contributed by atoms with Gasteiger partial charge in [0.15, 0.2) is 5.75 Å². The molecule has 0 aliphatic heterocycles. The van der Waals surface area contributed by atoms with Gasteiger partial charge in [-0.1, -0.05) is 23.2 Å². The molecular weight excluding hydrogens is 197 g/mol. The lowest BCUT2D eigenvalue weighted by Gasteiger charge is -2.07. The molecule has 0 aliphatic rings. The second kappa shape index (κ2) is 3.87. The normalized spacial score (nSPS) is 9.92. The van der Waals surface area contributed by atoms with Crippen molar-refractivity contribution in [1.82, 2.24) is 0 Å². The van der Waals surface area contributed by atoms with Crippen LogP contribution < -0.4 is 10.5 Å². The maximum Gasteiger partial charge on any atom is 0.156 e. The van der Waals surface area contributed by atoms with Crippen molar-refractivity contribution in [3.8, 4) is 5.75 Å². The molecule has 0 radical (unpaired) electrons. The van der Waals surface area contributed by atoms with E-state index >= 15 is 0 Å². The largest absolute Gasteiger partial charge is 0.491 e. The molecular formula is C8H9Cl2NO. The zero-order valence-corrected chi connectivity index (χ0v) is 8.12. The average Bonchev–Trinajstić information content (AvgIpc) is 1.96. The van der Waals surface area contributed by atoms with Gasteiger partial charge in [0.2, 0.25) is 0 Å². The Kier molecular flexibility index (Phi) is 3.06. The van der Waals surface area contributed by atoms with E-state index in [1.54, 1.807) is 12.1 Å². The summed E-state index contributed by atoms with van der Waals surface area (Å²) in [6, 6.07) is 3.22. The van der Waals surface area contributed by atoms with Crippen LogP contribution in [-0.4, -0.2) is 6.61 Å². The van der Waals surface area contributed by atoms with Crippen LogP contribution in [0.4, 0.5) is 5.69 Å². The number of nitrogen functional groups attached to an aromatic ring is 1. The van der Waals surface area contributed by atoms with Gasteiger partial charge in [0.05, 0.1) is 16.7 Å². The number of rotatable bonds is 2. The van der Waals surface area contributed by atoms with E-state index in [4.69, 9.17) is 33.7 Å². The van der Waals surface area contributed by atoms with E-state index < -0.39 is 0 Å². The molecule has 0 spiro atoms. The molecule has 1 aromatic carbocycles. The van der Waals surface area contributed by atoms with E-state index in [0.29, 0.717) is 28.1 Å². The van der Waals surface area contributed by atoms with Crippen molar-refractivity contribution in [3.63, 3.8) is 0 Å². The zero-order valence-electron chi connectivity index (χ0n) is 6.60. The van der Waals surface area contributed by atoms with Crippen LogP contribution in [0.1, 0.15) is 6.92 Å². The van der Waals surface area contributed by atoms with E-state index in [1.165, 1.54) is 0 Å². The van der Waals surface area contributed by atoms with Crippen LogP contribution in [0, 0.1) is 0 Å². The highest BCUT2D eigenvalue weighted by Gasteiger charge is 2.07. The molecule has 2 N–H and O–H groups in total. The Morgan fingerprint density at radius 3 is 2.25 bits per heavy atom. The van der Waals surface area contributed by atoms with Gasteiger partial charge < -0.3 is 10.5 Å². The van der Waals surface area contributed by atoms with Crippen molar-refractivity contribution in [1.29, 1.82) is 0 Å². The van der Waals surface area contributed by atoms with Crippen molar-refractivity contribution >= 4 is 28.9 Å². The van der Waals surface area contributed by atoms with Crippen LogP contribution >= 0.6 is 23.2 Å². The first-order valence-electron chi connectivity index (χ1n) is 3.52. The first-order chi connectivity index (χ1) is 5.65. The topological polar surface area (TPSA) is 35.2 Å². The van der Waals surface area contributed by atoms with E-state index in [9.17, 15) is 0 Å². The Balaban J connectivity index is 3.10. The summed E-state index contributed by atoms with van der Waals surface area (Å²) in [4.78, 5) is 0. The molecule has 0 heterocycles. The summed E-state index contributed by atoms with van der Waals surface area (Å²) in [5, 5.41) is 0.892. The summed E-state index contributed by atoms with van der Waals surface area (Å²) in [5.74, 6) is 0.495. The van der Waals surface area contributed by atoms with Crippen molar-refractivity contribution in [2.45, 2.75) is 6.92 Å². The van der Waals surface area contributed by atoms with Gasteiger partial charge in [-0.15, -0.1) is 0 Å². The minimum Gasteiger partial charge on any atom is -0.491 e. The molecule has 4 heteroatoms. The standard InChI is InChI=1S/C8H9Cl2NO/c1-2-12-8-6(9)3-5(11)4-7(8)10/h3-4H,2,11H2,1H3. The third-order valence-electron chi connectivity index (χ3n) is 1.31. The van der Waals surface area contributed by atoms with Gasteiger partial charge in [-0.2, -0.15) is 0 Å². The van der Waals surface area contributed by atoms with Crippen LogP contribution in [0.15, 0.2) is 12.1 Å². The lowest BCUT2D eigenvalue weighted by atomic mass is 10.3. The fourth-order valence-electron chi connectivity index (χ4n) is 0.862. The quantitative estimate of drug-likeness (QED) is 0.755. The number of hydrogen-bond acceptors (Lipinski definition) is 2. The molecule has 66 valence electrons. The van der Waals surface area contributed by atoms with Gasteiger partial charge in [-0.05, 0) is 19.1 Å². The maximum atomic E-state index is 5.82. The molecule has 0 fully saturated rings. The van der Waals surface area contributed by atoms with Gasteiger partial charge in [-0.25, -0.2) is 0 Å². The third kappa shape index (κ3) is 1.96.